The Morgan fingerprint density at radius 3 is 2.47 bits per heavy atom. The van der Waals surface area contributed by atoms with Crippen molar-refractivity contribution >= 4 is 23.2 Å². The van der Waals surface area contributed by atoms with Crippen molar-refractivity contribution in [3.05, 3.63) is 74.5 Å². The van der Waals surface area contributed by atoms with Crippen LogP contribution in [-0.2, 0) is 6.54 Å². The van der Waals surface area contributed by atoms with Gasteiger partial charge in [0.05, 0.1) is 20.8 Å². The quantitative estimate of drug-likeness (QED) is 0.591. The van der Waals surface area contributed by atoms with Crippen molar-refractivity contribution in [2.75, 3.05) is 20.8 Å². The van der Waals surface area contributed by atoms with E-state index >= 15 is 0 Å². The molecule has 0 saturated heterocycles. The average Bonchev–Trinajstić information content (AvgIpc) is 3.06. The van der Waals surface area contributed by atoms with Gasteiger partial charge in [-0.15, -0.1) is 11.3 Å². The third kappa shape index (κ3) is 5.08. The number of hydrogen-bond acceptors (Lipinski definition) is 5. The van der Waals surface area contributed by atoms with Gasteiger partial charge in [-0.3, -0.25) is 9.59 Å². The zero-order valence-electron chi connectivity index (χ0n) is 18.9. The van der Waals surface area contributed by atoms with Gasteiger partial charge in [-0.05, 0) is 56.7 Å². The molecule has 0 radical (unpaired) electrons. The van der Waals surface area contributed by atoms with Crippen molar-refractivity contribution in [2.24, 2.45) is 4.99 Å². The molecule has 0 bridgehead atoms. The van der Waals surface area contributed by atoms with E-state index in [1.165, 1.54) is 18.4 Å². The molecule has 168 valence electrons. The van der Waals surface area contributed by atoms with Crippen molar-refractivity contribution in [3.8, 4) is 11.5 Å². The summed E-state index contributed by atoms with van der Waals surface area (Å²) in [6.07, 6.45) is 0. The lowest BCUT2D eigenvalue weighted by molar-refractivity contribution is 0.0954. The summed E-state index contributed by atoms with van der Waals surface area (Å²) in [5.41, 5.74) is 3.00. The number of nitrogens with one attached hydrogen (secondary N) is 1. The molecule has 8 heteroatoms. The van der Waals surface area contributed by atoms with Crippen LogP contribution in [0.4, 0.5) is 0 Å². The standard InChI is InChI=1S/C24H27N3O4S/c1-6-25-22(28)18-9-7-8-17(12-18)14-27-15(2)16(3)32-24(27)26-23(29)19-10-11-20(30-4)21(13-19)31-5/h7-13H,6,14H2,1-5H3,(H,25,28). The summed E-state index contributed by atoms with van der Waals surface area (Å²) < 4.78 is 12.5. The number of amides is 2. The van der Waals surface area contributed by atoms with E-state index in [1.807, 2.05) is 43.5 Å². The molecule has 3 rings (SSSR count). The van der Waals surface area contributed by atoms with Crippen LogP contribution < -0.4 is 19.6 Å². The van der Waals surface area contributed by atoms with Gasteiger partial charge >= 0.3 is 0 Å². The van der Waals surface area contributed by atoms with E-state index in [0.29, 0.717) is 40.5 Å². The molecule has 2 amide bonds. The SMILES string of the molecule is CCNC(=O)c1cccc(Cn2c(C)c(C)sc2=NC(=O)c2ccc(OC)c(OC)c2)c1. The first-order valence-electron chi connectivity index (χ1n) is 10.2. The number of ether oxygens (including phenoxy) is 2. The molecule has 0 spiro atoms. The molecule has 7 nitrogen and oxygen atoms in total. The van der Waals surface area contributed by atoms with Crippen LogP contribution in [0, 0.1) is 13.8 Å². The molecule has 0 unspecified atom stereocenters. The highest BCUT2D eigenvalue weighted by atomic mass is 32.1. The second-order valence-electron chi connectivity index (χ2n) is 7.16. The van der Waals surface area contributed by atoms with Crippen molar-refractivity contribution < 1.29 is 19.1 Å². The third-order valence-electron chi connectivity index (χ3n) is 5.08. The zero-order valence-corrected chi connectivity index (χ0v) is 19.7. The second kappa shape index (κ2) is 10.3. The Bertz CT molecular complexity index is 1210. The van der Waals surface area contributed by atoms with Crippen LogP contribution in [0.15, 0.2) is 47.5 Å². The number of aryl methyl sites for hydroxylation is 1. The van der Waals surface area contributed by atoms with E-state index < -0.39 is 0 Å². The van der Waals surface area contributed by atoms with Gasteiger partial charge < -0.3 is 19.4 Å². The summed E-state index contributed by atoms with van der Waals surface area (Å²) >= 11 is 1.46. The lowest BCUT2D eigenvalue weighted by Gasteiger charge is -2.09. The Kier molecular flexibility index (Phi) is 7.48. The van der Waals surface area contributed by atoms with E-state index in [-0.39, 0.29) is 11.8 Å². The summed E-state index contributed by atoms with van der Waals surface area (Å²) in [6, 6.07) is 12.5. The molecule has 1 aromatic heterocycles. The number of methoxy groups -OCH3 is 2. The van der Waals surface area contributed by atoms with Gasteiger partial charge in [0, 0.05) is 28.2 Å². The fourth-order valence-corrected chi connectivity index (χ4v) is 4.22. The molecular formula is C24H27N3O4S. The van der Waals surface area contributed by atoms with Crippen LogP contribution in [0.3, 0.4) is 0 Å². The van der Waals surface area contributed by atoms with E-state index in [9.17, 15) is 9.59 Å². The van der Waals surface area contributed by atoms with Crippen LogP contribution in [0.1, 0.15) is 43.8 Å². The average molecular weight is 454 g/mol. The highest BCUT2D eigenvalue weighted by Gasteiger charge is 2.13. The number of benzene rings is 2. The van der Waals surface area contributed by atoms with E-state index in [4.69, 9.17) is 9.47 Å². The largest absolute Gasteiger partial charge is 0.493 e. The Hall–Kier alpha value is -3.39. The van der Waals surface area contributed by atoms with Gasteiger partial charge in [0.2, 0.25) is 0 Å². The molecule has 0 aliphatic rings. The predicted octanol–water partition coefficient (Wildman–Crippen LogP) is 3.72. The maximum absolute atomic E-state index is 12.9. The summed E-state index contributed by atoms with van der Waals surface area (Å²) in [6.45, 7) is 6.96. The Morgan fingerprint density at radius 2 is 1.78 bits per heavy atom. The minimum absolute atomic E-state index is 0.105. The van der Waals surface area contributed by atoms with Gasteiger partial charge in [0.1, 0.15) is 0 Å². The molecule has 1 heterocycles. The predicted molar refractivity (Wildman–Crippen MR) is 125 cm³/mol. The number of carbonyl (C=O) groups excluding carboxylic acids is 2. The number of hydrogen-bond donors (Lipinski definition) is 1. The number of aromatic nitrogens is 1. The Labute approximate surface area is 191 Å². The zero-order chi connectivity index (χ0) is 23.3. The van der Waals surface area contributed by atoms with Crippen LogP contribution in [0.5, 0.6) is 11.5 Å². The van der Waals surface area contributed by atoms with Crippen LogP contribution in [-0.4, -0.2) is 37.1 Å². The summed E-state index contributed by atoms with van der Waals surface area (Å²) in [4.78, 5) is 31.2. The molecule has 3 aromatic rings. The number of rotatable bonds is 7. The second-order valence-corrected chi connectivity index (χ2v) is 8.34. The fourth-order valence-electron chi connectivity index (χ4n) is 3.25. The minimum atomic E-state index is -0.364. The monoisotopic (exact) mass is 453 g/mol. The molecule has 32 heavy (non-hydrogen) atoms. The van der Waals surface area contributed by atoms with Crippen molar-refractivity contribution in [1.29, 1.82) is 0 Å². The smallest absolute Gasteiger partial charge is 0.279 e. The number of nitrogens with zero attached hydrogens (tertiary/aromatic N) is 2. The molecule has 1 N–H and O–H groups in total. The first kappa shape index (κ1) is 23.3. The Balaban J connectivity index is 1.96. The normalized spacial score (nSPS) is 11.3. The molecule has 0 atom stereocenters. The lowest BCUT2D eigenvalue weighted by atomic mass is 10.1. The topological polar surface area (TPSA) is 81.9 Å². The molecule has 0 fully saturated rings. The van der Waals surface area contributed by atoms with Crippen molar-refractivity contribution in [1.82, 2.24) is 9.88 Å². The Morgan fingerprint density at radius 1 is 1.03 bits per heavy atom. The van der Waals surface area contributed by atoms with Crippen LogP contribution in [0.2, 0.25) is 0 Å². The lowest BCUT2D eigenvalue weighted by Crippen LogP contribution is -2.23. The molecule has 0 saturated carbocycles. The van der Waals surface area contributed by atoms with Gasteiger partial charge in [0.25, 0.3) is 11.8 Å². The first-order valence-corrected chi connectivity index (χ1v) is 11.0. The molecule has 0 aliphatic carbocycles. The fraction of sp³-hybridized carbons (Fsp3) is 0.292. The van der Waals surface area contributed by atoms with E-state index in [2.05, 4.69) is 10.3 Å². The van der Waals surface area contributed by atoms with Gasteiger partial charge in [-0.25, -0.2) is 0 Å². The van der Waals surface area contributed by atoms with Crippen LogP contribution in [0.25, 0.3) is 0 Å². The minimum Gasteiger partial charge on any atom is -0.493 e. The van der Waals surface area contributed by atoms with Crippen molar-refractivity contribution in [2.45, 2.75) is 27.3 Å². The summed E-state index contributed by atoms with van der Waals surface area (Å²) in [5.74, 6) is 0.555. The van der Waals surface area contributed by atoms with E-state index in [1.54, 1.807) is 31.4 Å². The number of carbonyl (C=O) groups is 2. The van der Waals surface area contributed by atoms with E-state index in [0.717, 1.165) is 16.1 Å². The molecular weight excluding hydrogens is 426 g/mol. The highest BCUT2D eigenvalue weighted by molar-refractivity contribution is 7.09. The van der Waals surface area contributed by atoms with Crippen LogP contribution >= 0.6 is 11.3 Å². The van der Waals surface area contributed by atoms with Gasteiger partial charge in [-0.1, -0.05) is 12.1 Å². The first-order chi connectivity index (χ1) is 15.4. The van der Waals surface area contributed by atoms with Gasteiger partial charge in [0.15, 0.2) is 16.3 Å². The van der Waals surface area contributed by atoms with Crippen molar-refractivity contribution in [3.63, 3.8) is 0 Å². The summed E-state index contributed by atoms with van der Waals surface area (Å²) in [7, 11) is 3.07. The maximum atomic E-state index is 12.9. The van der Waals surface area contributed by atoms with Gasteiger partial charge in [-0.2, -0.15) is 4.99 Å². The summed E-state index contributed by atoms with van der Waals surface area (Å²) in [5, 5.41) is 2.82. The highest BCUT2D eigenvalue weighted by Crippen LogP contribution is 2.27. The maximum Gasteiger partial charge on any atom is 0.279 e. The third-order valence-corrected chi connectivity index (χ3v) is 6.18. The molecule has 0 aliphatic heterocycles. The number of thiazole rings is 1. The molecule has 2 aromatic carbocycles.